The van der Waals surface area contributed by atoms with Crippen molar-refractivity contribution in [3.05, 3.63) is 48.3 Å². The standard InChI is InChI=1S/C21H22F2N4O2/c1-28-15-9-14(10-16(11-15)29-2)27-8-7-13(12-27)24-20-17-5-3-4-6-18(17)25-21(26-20)19(22)23/h3-6,9-11,13,19H,7-8,12H2,1-2H3,(H,24,25,26). The molecule has 1 aromatic heterocycles. The third kappa shape index (κ3) is 4.01. The summed E-state index contributed by atoms with van der Waals surface area (Å²) in [7, 11) is 3.24. The zero-order valence-electron chi connectivity index (χ0n) is 16.2. The van der Waals surface area contributed by atoms with Crippen LogP contribution in [0.25, 0.3) is 10.9 Å². The van der Waals surface area contributed by atoms with Crippen LogP contribution in [-0.2, 0) is 0 Å². The van der Waals surface area contributed by atoms with Gasteiger partial charge in [-0.15, -0.1) is 0 Å². The summed E-state index contributed by atoms with van der Waals surface area (Å²) in [6.45, 7) is 1.53. The van der Waals surface area contributed by atoms with Crippen LogP contribution in [-0.4, -0.2) is 43.3 Å². The maximum Gasteiger partial charge on any atom is 0.297 e. The van der Waals surface area contributed by atoms with Crippen molar-refractivity contribution in [3.63, 3.8) is 0 Å². The molecule has 2 heterocycles. The van der Waals surface area contributed by atoms with Crippen molar-refractivity contribution in [1.82, 2.24) is 9.97 Å². The Morgan fingerprint density at radius 1 is 1.07 bits per heavy atom. The van der Waals surface area contributed by atoms with E-state index in [0.717, 1.165) is 35.5 Å². The fourth-order valence-corrected chi connectivity index (χ4v) is 3.58. The molecular weight excluding hydrogens is 378 g/mol. The molecule has 152 valence electrons. The molecule has 4 rings (SSSR count). The van der Waals surface area contributed by atoms with Gasteiger partial charge in [0, 0.05) is 48.4 Å². The van der Waals surface area contributed by atoms with Gasteiger partial charge < -0.3 is 19.7 Å². The van der Waals surface area contributed by atoms with Gasteiger partial charge >= 0.3 is 0 Å². The topological polar surface area (TPSA) is 59.5 Å². The zero-order chi connectivity index (χ0) is 20.4. The molecule has 3 aromatic rings. The third-order valence-electron chi connectivity index (χ3n) is 5.05. The van der Waals surface area contributed by atoms with Gasteiger partial charge in [0.05, 0.1) is 19.7 Å². The van der Waals surface area contributed by atoms with E-state index in [-0.39, 0.29) is 6.04 Å². The smallest absolute Gasteiger partial charge is 0.297 e. The Morgan fingerprint density at radius 3 is 2.48 bits per heavy atom. The van der Waals surface area contributed by atoms with Gasteiger partial charge in [0.1, 0.15) is 17.3 Å². The van der Waals surface area contributed by atoms with Crippen molar-refractivity contribution in [2.75, 3.05) is 37.5 Å². The summed E-state index contributed by atoms with van der Waals surface area (Å²) in [6, 6.07) is 13.0. The molecule has 1 fully saturated rings. The second-order valence-electron chi connectivity index (χ2n) is 6.90. The van der Waals surface area contributed by atoms with Crippen LogP contribution in [0.4, 0.5) is 20.3 Å². The molecule has 0 amide bonds. The number of rotatable bonds is 6. The molecule has 6 nitrogen and oxygen atoms in total. The molecule has 1 aliphatic heterocycles. The summed E-state index contributed by atoms with van der Waals surface area (Å²) in [6.07, 6.45) is -1.87. The minimum atomic E-state index is -2.72. The van der Waals surface area contributed by atoms with E-state index >= 15 is 0 Å². The van der Waals surface area contributed by atoms with Gasteiger partial charge in [-0.3, -0.25) is 0 Å². The lowest BCUT2D eigenvalue weighted by molar-refractivity contribution is 0.141. The van der Waals surface area contributed by atoms with Crippen LogP contribution in [0.3, 0.4) is 0 Å². The lowest BCUT2D eigenvalue weighted by Crippen LogP contribution is -2.26. The Hall–Kier alpha value is -3.16. The quantitative estimate of drug-likeness (QED) is 0.667. The van der Waals surface area contributed by atoms with Crippen molar-refractivity contribution in [2.24, 2.45) is 0 Å². The number of para-hydroxylation sites is 1. The molecular formula is C21H22F2N4O2. The minimum Gasteiger partial charge on any atom is -0.497 e. The Kier molecular flexibility index (Phi) is 5.33. The molecule has 1 atom stereocenters. The number of nitrogens with one attached hydrogen (secondary N) is 1. The first-order chi connectivity index (χ1) is 14.1. The van der Waals surface area contributed by atoms with Crippen LogP contribution in [0.1, 0.15) is 18.7 Å². The molecule has 2 aromatic carbocycles. The van der Waals surface area contributed by atoms with Gasteiger partial charge in [0.15, 0.2) is 5.82 Å². The van der Waals surface area contributed by atoms with Crippen LogP contribution >= 0.6 is 0 Å². The van der Waals surface area contributed by atoms with Crippen molar-refractivity contribution >= 4 is 22.4 Å². The monoisotopic (exact) mass is 400 g/mol. The van der Waals surface area contributed by atoms with E-state index in [1.165, 1.54) is 0 Å². The van der Waals surface area contributed by atoms with Crippen molar-refractivity contribution in [2.45, 2.75) is 18.9 Å². The third-order valence-corrected chi connectivity index (χ3v) is 5.05. The van der Waals surface area contributed by atoms with Crippen LogP contribution in [0.15, 0.2) is 42.5 Å². The fourth-order valence-electron chi connectivity index (χ4n) is 3.58. The molecule has 1 saturated heterocycles. The van der Waals surface area contributed by atoms with Crippen LogP contribution in [0.2, 0.25) is 0 Å². The molecule has 29 heavy (non-hydrogen) atoms. The van der Waals surface area contributed by atoms with E-state index in [1.807, 2.05) is 30.3 Å². The number of aromatic nitrogens is 2. The first kappa shape index (κ1) is 19.2. The Bertz CT molecular complexity index is 993. The predicted molar refractivity (Wildman–Crippen MR) is 108 cm³/mol. The molecule has 0 saturated carbocycles. The maximum atomic E-state index is 13.2. The molecule has 1 aliphatic rings. The average Bonchev–Trinajstić information content (AvgIpc) is 3.21. The minimum absolute atomic E-state index is 0.0658. The lowest BCUT2D eigenvalue weighted by atomic mass is 10.2. The van der Waals surface area contributed by atoms with Crippen LogP contribution in [0.5, 0.6) is 11.5 Å². The fraction of sp³-hybridized carbons (Fsp3) is 0.333. The normalized spacial score (nSPS) is 16.4. The number of nitrogens with zero attached hydrogens (tertiary/aromatic N) is 3. The molecule has 8 heteroatoms. The van der Waals surface area contributed by atoms with E-state index < -0.39 is 12.2 Å². The average molecular weight is 400 g/mol. The first-order valence-corrected chi connectivity index (χ1v) is 9.36. The predicted octanol–water partition coefficient (Wildman–Crippen LogP) is 4.28. The summed E-state index contributed by atoms with van der Waals surface area (Å²) in [5.74, 6) is 1.43. The maximum absolute atomic E-state index is 13.2. The summed E-state index contributed by atoms with van der Waals surface area (Å²) in [5, 5.41) is 4.08. The van der Waals surface area contributed by atoms with E-state index in [1.54, 1.807) is 26.4 Å². The highest BCUT2D eigenvalue weighted by molar-refractivity contribution is 5.89. The number of hydrogen-bond acceptors (Lipinski definition) is 6. The van der Waals surface area contributed by atoms with Crippen LogP contribution in [0, 0.1) is 0 Å². The number of alkyl halides is 2. The van der Waals surface area contributed by atoms with E-state index in [9.17, 15) is 8.78 Å². The highest BCUT2D eigenvalue weighted by atomic mass is 19.3. The summed E-state index contributed by atoms with van der Waals surface area (Å²) in [4.78, 5) is 10.3. The zero-order valence-corrected chi connectivity index (χ0v) is 16.2. The molecule has 0 bridgehead atoms. The van der Waals surface area contributed by atoms with Gasteiger partial charge in [0.25, 0.3) is 6.43 Å². The molecule has 0 aliphatic carbocycles. The largest absolute Gasteiger partial charge is 0.497 e. The van der Waals surface area contributed by atoms with Gasteiger partial charge in [-0.2, -0.15) is 0 Å². The summed E-state index contributed by atoms with van der Waals surface area (Å²) in [5.41, 5.74) is 1.50. The van der Waals surface area contributed by atoms with Gasteiger partial charge in [-0.25, -0.2) is 18.7 Å². The summed E-state index contributed by atoms with van der Waals surface area (Å²) < 4.78 is 37.2. The number of fused-ring (bicyclic) bond motifs is 1. The van der Waals surface area contributed by atoms with Crippen LogP contribution < -0.4 is 19.7 Å². The Balaban J connectivity index is 1.57. The lowest BCUT2D eigenvalue weighted by Gasteiger charge is -2.21. The van der Waals surface area contributed by atoms with Gasteiger partial charge in [-0.05, 0) is 18.6 Å². The van der Waals surface area contributed by atoms with E-state index in [4.69, 9.17) is 9.47 Å². The van der Waals surface area contributed by atoms with Crippen molar-refractivity contribution in [3.8, 4) is 11.5 Å². The number of benzene rings is 2. The number of hydrogen-bond donors (Lipinski definition) is 1. The molecule has 1 N–H and O–H groups in total. The molecule has 1 unspecified atom stereocenters. The van der Waals surface area contributed by atoms with E-state index in [2.05, 4.69) is 20.2 Å². The number of methoxy groups -OCH3 is 2. The SMILES string of the molecule is COc1cc(OC)cc(N2CCC(Nc3nc(C(F)F)nc4ccccc34)C2)c1. The number of ether oxygens (including phenoxy) is 2. The highest BCUT2D eigenvalue weighted by Gasteiger charge is 2.25. The number of anilines is 2. The Morgan fingerprint density at radius 2 is 1.79 bits per heavy atom. The highest BCUT2D eigenvalue weighted by Crippen LogP contribution is 2.32. The van der Waals surface area contributed by atoms with E-state index in [0.29, 0.717) is 17.9 Å². The van der Waals surface area contributed by atoms with Crippen molar-refractivity contribution < 1.29 is 18.3 Å². The van der Waals surface area contributed by atoms with Gasteiger partial charge in [0.2, 0.25) is 0 Å². The van der Waals surface area contributed by atoms with Gasteiger partial charge in [-0.1, -0.05) is 12.1 Å². The number of halogens is 2. The Labute approximate surface area is 167 Å². The second-order valence-corrected chi connectivity index (χ2v) is 6.90. The second kappa shape index (κ2) is 8.06. The first-order valence-electron chi connectivity index (χ1n) is 9.36. The molecule has 0 spiro atoms. The molecule has 0 radical (unpaired) electrons. The summed E-state index contributed by atoms with van der Waals surface area (Å²) >= 11 is 0. The van der Waals surface area contributed by atoms with Crippen molar-refractivity contribution in [1.29, 1.82) is 0 Å².